The van der Waals surface area contributed by atoms with Crippen LogP contribution in [0.2, 0.25) is 0 Å². The molecule has 1 aromatic rings. The first kappa shape index (κ1) is 12.4. The fraction of sp³-hybridized carbons (Fsp3) is 0.588. The summed E-state index contributed by atoms with van der Waals surface area (Å²) >= 11 is 0. The highest BCUT2D eigenvalue weighted by Crippen LogP contribution is 2.50. The van der Waals surface area contributed by atoms with Gasteiger partial charge >= 0.3 is 0 Å². The third kappa shape index (κ3) is 1.96. The average Bonchev–Trinajstić information content (AvgIpc) is 3.29. The number of hydrogen-bond acceptors (Lipinski definition) is 2. The SMILES string of the molecule is O=C(NC1CC2(CCNCC2)c2ccccc21)C1CC1. The van der Waals surface area contributed by atoms with Gasteiger partial charge in [0.25, 0.3) is 0 Å². The molecule has 1 saturated carbocycles. The number of carbonyl (C=O) groups excluding carboxylic acids is 1. The molecular weight excluding hydrogens is 248 g/mol. The summed E-state index contributed by atoms with van der Waals surface area (Å²) in [6, 6.07) is 8.98. The second-order valence-corrected chi connectivity index (χ2v) is 6.66. The van der Waals surface area contributed by atoms with E-state index in [1.165, 1.54) is 24.0 Å². The van der Waals surface area contributed by atoms with Crippen molar-refractivity contribution >= 4 is 5.91 Å². The van der Waals surface area contributed by atoms with Crippen molar-refractivity contribution in [1.29, 1.82) is 0 Å². The summed E-state index contributed by atoms with van der Waals surface area (Å²) in [7, 11) is 0. The highest BCUT2D eigenvalue weighted by atomic mass is 16.2. The molecule has 1 aliphatic heterocycles. The van der Waals surface area contributed by atoms with Crippen molar-refractivity contribution < 1.29 is 4.79 Å². The van der Waals surface area contributed by atoms with Gasteiger partial charge in [-0.3, -0.25) is 4.79 Å². The summed E-state index contributed by atoms with van der Waals surface area (Å²) in [6.45, 7) is 2.19. The van der Waals surface area contributed by atoms with Gasteiger partial charge in [-0.05, 0) is 56.3 Å². The van der Waals surface area contributed by atoms with Crippen LogP contribution in [0.5, 0.6) is 0 Å². The molecule has 2 aliphatic carbocycles. The van der Waals surface area contributed by atoms with Crippen molar-refractivity contribution in [3.05, 3.63) is 35.4 Å². The summed E-state index contributed by atoms with van der Waals surface area (Å²) in [4.78, 5) is 12.1. The number of fused-ring (bicyclic) bond motifs is 2. The molecule has 3 aliphatic rings. The molecule has 0 aromatic heterocycles. The predicted octanol–water partition coefficient (Wildman–Crippen LogP) is 2.28. The van der Waals surface area contributed by atoms with Crippen LogP contribution in [0.25, 0.3) is 0 Å². The largest absolute Gasteiger partial charge is 0.349 e. The zero-order valence-electron chi connectivity index (χ0n) is 11.8. The van der Waals surface area contributed by atoms with Crippen molar-refractivity contribution in [2.75, 3.05) is 13.1 Å². The Morgan fingerprint density at radius 1 is 1.20 bits per heavy atom. The molecule has 1 aromatic carbocycles. The summed E-state index contributed by atoms with van der Waals surface area (Å²) in [5.74, 6) is 0.572. The molecule has 0 bridgehead atoms. The molecule has 1 amide bonds. The van der Waals surface area contributed by atoms with Gasteiger partial charge in [0.15, 0.2) is 0 Å². The molecule has 1 spiro atoms. The number of piperidine rings is 1. The molecule has 1 heterocycles. The lowest BCUT2D eigenvalue weighted by Gasteiger charge is -2.35. The Labute approximate surface area is 120 Å². The van der Waals surface area contributed by atoms with Crippen LogP contribution < -0.4 is 10.6 Å². The van der Waals surface area contributed by atoms with E-state index in [0.29, 0.717) is 11.3 Å². The molecule has 3 nitrogen and oxygen atoms in total. The number of carbonyl (C=O) groups is 1. The Bertz CT molecular complexity index is 530. The van der Waals surface area contributed by atoms with E-state index in [4.69, 9.17) is 0 Å². The topological polar surface area (TPSA) is 41.1 Å². The number of benzene rings is 1. The summed E-state index contributed by atoms with van der Waals surface area (Å²) in [6.07, 6.45) is 5.64. The van der Waals surface area contributed by atoms with Gasteiger partial charge in [0, 0.05) is 11.3 Å². The van der Waals surface area contributed by atoms with Crippen LogP contribution >= 0.6 is 0 Å². The summed E-state index contributed by atoms with van der Waals surface area (Å²) in [5.41, 5.74) is 3.15. The monoisotopic (exact) mass is 270 g/mol. The second-order valence-electron chi connectivity index (χ2n) is 6.66. The maximum Gasteiger partial charge on any atom is 0.223 e. The maximum absolute atomic E-state index is 12.1. The molecule has 20 heavy (non-hydrogen) atoms. The molecule has 1 unspecified atom stereocenters. The van der Waals surface area contributed by atoms with Crippen LogP contribution in [0.3, 0.4) is 0 Å². The Hall–Kier alpha value is -1.35. The Morgan fingerprint density at radius 2 is 1.95 bits per heavy atom. The van der Waals surface area contributed by atoms with Crippen LogP contribution in [-0.4, -0.2) is 19.0 Å². The third-order valence-corrected chi connectivity index (χ3v) is 5.33. The molecule has 106 valence electrons. The number of hydrogen-bond donors (Lipinski definition) is 2. The van der Waals surface area contributed by atoms with E-state index in [0.717, 1.165) is 32.4 Å². The van der Waals surface area contributed by atoms with Gasteiger partial charge in [-0.1, -0.05) is 24.3 Å². The van der Waals surface area contributed by atoms with Gasteiger partial charge in [0.05, 0.1) is 6.04 Å². The lowest BCUT2D eigenvalue weighted by Crippen LogP contribution is -2.39. The van der Waals surface area contributed by atoms with Crippen LogP contribution in [0.4, 0.5) is 0 Å². The van der Waals surface area contributed by atoms with Crippen molar-refractivity contribution in [2.24, 2.45) is 5.92 Å². The smallest absolute Gasteiger partial charge is 0.223 e. The van der Waals surface area contributed by atoms with E-state index >= 15 is 0 Å². The third-order valence-electron chi connectivity index (χ3n) is 5.33. The molecular formula is C17H22N2O. The minimum absolute atomic E-state index is 0.234. The standard InChI is InChI=1S/C17H22N2O/c20-16(12-5-6-12)19-15-11-17(7-9-18-10-8-17)14-4-2-1-3-13(14)15/h1-4,12,15,18H,5-11H2,(H,19,20). The summed E-state index contributed by atoms with van der Waals surface area (Å²) < 4.78 is 0. The van der Waals surface area contributed by atoms with E-state index in [9.17, 15) is 4.79 Å². The van der Waals surface area contributed by atoms with Crippen molar-refractivity contribution in [3.63, 3.8) is 0 Å². The lowest BCUT2D eigenvalue weighted by atomic mass is 9.74. The number of nitrogens with one attached hydrogen (secondary N) is 2. The number of rotatable bonds is 2. The van der Waals surface area contributed by atoms with Crippen LogP contribution in [0, 0.1) is 5.92 Å². The summed E-state index contributed by atoms with van der Waals surface area (Å²) in [5, 5.41) is 6.77. The Kier molecular flexibility index (Phi) is 2.84. The van der Waals surface area contributed by atoms with Crippen molar-refractivity contribution in [3.8, 4) is 0 Å². The van der Waals surface area contributed by atoms with E-state index < -0.39 is 0 Å². The second kappa shape index (κ2) is 4.59. The highest BCUT2D eigenvalue weighted by Gasteiger charge is 2.45. The fourth-order valence-electron chi connectivity index (χ4n) is 4.04. The lowest BCUT2D eigenvalue weighted by molar-refractivity contribution is -0.123. The molecule has 1 saturated heterocycles. The van der Waals surface area contributed by atoms with Crippen LogP contribution in [0.15, 0.2) is 24.3 Å². The molecule has 0 radical (unpaired) electrons. The van der Waals surface area contributed by atoms with Gasteiger partial charge in [-0.15, -0.1) is 0 Å². The van der Waals surface area contributed by atoms with E-state index in [2.05, 4.69) is 34.9 Å². The zero-order chi connectivity index (χ0) is 13.6. The molecule has 4 rings (SSSR count). The fourth-order valence-corrected chi connectivity index (χ4v) is 4.04. The average molecular weight is 270 g/mol. The van der Waals surface area contributed by atoms with Crippen LogP contribution in [0.1, 0.15) is 49.3 Å². The van der Waals surface area contributed by atoms with Gasteiger partial charge in [-0.25, -0.2) is 0 Å². The van der Waals surface area contributed by atoms with Crippen molar-refractivity contribution in [2.45, 2.75) is 43.6 Å². The van der Waals surface area contributed by atoms with Crippen molar-refractivity contribution in [1.82, 2.24) is 10.6 Å². The number of amides is 1. The molecule has 3 heteroatoms. The maximum atomic E-state index is 12.1. The molecule has 1 atom stereocenters. The first-order chi connectivity index (χ1) is 9.78. The zero-order valence-corrected chi connectivity index (χ0v) is 11.8. The minimum Gasteiger partial charge on any atom is -0.349 e. The van der Waals surface area contributed by atoms with Gasteiger partial charge in [-0.2, -0.15) is 0 Å². The van der Waals surface area contributed by atoms with E-state index in [1.807, 2.05) is 0 Å². The molecule has 2 fully saturated rings. The quantitative estimate of drug-likeness (QED) is 0.865. The first-order valence-corrected chi connectivity index (χ1v) is 7.89. The highest BCUT2D eigenvalue weighted by molar-refractivity contribution is 5.81. The van der Waals surface area contributed by atoms with Gasteiger partial charge in [0.2, 0.25) is 5.91 Å². The Balaban J connectivity index is 1.64. The van der Waals surface area contributed by atoms with Crippen LogP contribution in [-0.2, 0) is 10.2 Å². The minimum atomic E-state index is 0.234. The van der Waals surface area contributed by atoms with E-state index in [-0.39, 0.29) is 11.9 Å². The van der Waals surface area contributed by atoms with E-state index in [1.54, 1.807) is 0 Å². The van der Waals surface area contributed by atoms with Gasteiger partial charge < -0.3 is 10.6 Å². The first-order valence-electron chi connectivity index (χ1n) is 7.89. The van der Waals surface area contributed by atoms with Gasteiger partial charge in [0.1, 0.15) is 0 Å². The normalized spacial score (nSPS) is 27.3. The molecule has 2 N–H and O–H groups in total. The Morgan fingerprint density at radius 3 is 2.70 bits per heavy atom. The predicted molar refractivity (Wildman–Crippen MR) is 78.4 cm³/mol.